The Morgan fingerprint density at radius 2 is 2.20 bits per heavy atom. The number of rotatable bonds is 2. The third-order valence-corrected chi connectivity index (χ3v) is 4.90. The summed E-state index contributed by atoms with van der Waals surface area (Å²) in [4.78, 5) is 0.714. The summed E-state index contributed by atoms with van der Waals surface area (Å²) in [6, 6.07) is 4.83. The molecule has 0 amide bonds. The van der Waals surface area contributed by atoms with Gasteiger partial charge in [-0.05, 0) is 19.1 Å². The van der Waals surface area contributed by atoms with Crippen LogP contribution in [0.5, 0.6) is 0 Å². The van der Waals surface area contributed by atoms with Crippen molar-refractivity contribution in [2.24, 2.45) is 0 Å². The van der Waals surface area contributed by atoms with Gasteiger partial charge in [0.2, 0.25) is 0 Å². The highest BCUT2D eigenvalue weighted by Gasteiger charge is 2.15. The second-order valence-electron chi connectivity index (χ2n) is 2.88. The van der Waals surface area contributed by atoms with Gasteiger partial charge in [0, 0.05) is 16.7 Å². The molecule has 0 N–H and O–H groups in total. The molecule has 0 unspecified atom stereocenters. The lowest BCUT2D eigenvalue weighted by atomic mass is 10.3. The summed E-state index contributed by atoms with van der Waals surface area (Å²) < 4.78 is 27.0. The topological polar surface area (TPSA) is 60.2 Å². The molecule has 0 aromatic carbocycles. The smallest absolute Gasteiger partial charge is 0.270 e. The van der Waals surface area contributed by atoms with Crippen molar-refractivity contribution in [1.82, 2.24) is 5.16 Å². The van der Waals surface area contributed by atoms with Crippen LogP contribution in [0, 0.1) is 6.92 Å². The van der Waals surface area contributed by atoms with Crippen molar-refractivity contribution in [3.05, 3.63) is 24.0 Å². The van der Waals surface area contributed by atoms with Crippen molar-refractivity contribution >= 4 is 31.1 Å². The van der Waals surface area contributed by atoms with E-state index in [1.54, 1.807) is 19.1 Å². The molecule has 0 bridgehead atoms. The summed E-state index contributed by atoms with van der Waals surface area (Å²) in [5, 5.41) is 3.78. The summed E-state index contributed by atoms with van der Waals surface area (Å²) in [7, 11) is 1.55. The van der Waals surface area contributed by atoms with Crippen LogP contribution < -0.4 is 0 Å². The monoisotopic (exact) mass is 263 g/mol. The lowest BCUT2D eigenvalue weighted by Gasteiger charge is -1.86. The number of hydrogen-bond acceptors (Lipinski definition) is 5. The van der Waals surface area contributed by atoms with Gasteiger partial charge < -0.3 is 4.52 Å². The standard InChI is InChI=1S/C8H6ClNO3S2/c1-5-4-6(10-13-5)7-2-3-8(14-7)15(9,11)12/h2-4H,1H3. The van der Waals surface area contributed by atoms with Crippen molar-refractivity contribution in [2.45, 2.75) is 11.1 Å². The van der Waals surface area contributed by atoms with Gasteiger partial charge in [-0.3, -0.25) is 0 Å². The van der Waals surface area contributed by atoms with Gasteiger partial charge in [-0.25, -0.2) is 8.42 Å². The van der Waals surface area contributed by atoms with Gasteiger partial charge in [-0.2, -0.15) is 0 Å². The van der Waals surface area contributed by atoms with Gasteiger partial charge in [0.05, 0.1) is 4.88 Å². The molecule has 0 aliphatic rings. The van der Waals surface area contributed by atoms with E-state index in [-0.39, 0.29) is 4.21 Å². The number of hydrogen-bond donors (Lipinski definition) is 0. The van der Waals surface area contributed by atoms with Gasteiger partial charge in [0.1, 0.15) is 15.7 Å². The number of aromatic nitrogens is 1. The maximum atomic E-state index is 11.0. The van der Waals surface area contributed by atoms with Gasteiger partial charge >= 0.3 is 0 Å². The fourth-order valence-electron chi connectivity index (χ4n) is 1.07. The van der Waals surface area contributed by atoms with E-state index in [1.807, 2.05) is 0 Å². The lowest BCUT2D eigenvalue weighted by molar-refractivity contribution is 0.400. The Morgan fingerprint density at radius 3 is 2.67 bits per heavy atom. The molecule has 0 atom stereocenters. The third-order valence-electron chi connectivity index (χ3n) is 1.70. The molecule has 0 fully saturated rings. The van der Waals surface area contributed by atoms with Gasteiger partial charge in [-0.15, -0.1) is 11.3 Å². The van der Waals surface area contributed by atoms with Crippen LogP contribution >= 0.6 is 22.0 Å². The van der Waals surface area contributed by atoms with E-state index in [2.05, 4.69) is 5.16 Å². The van der Waals surface area contributed by atoms with Crippen molar-refractivity contribution in [2.75, 3.05) is 0 Å². The molecule has 0 aliphatic heterocycles. The lowest BCUT2D eigenvalue weighted by Crippen LogP contribution is -1.83. The minimum Gasteiger partial charge on any atom is -0.361 e. The Balaban J connectivity index is 2.44. The highest BCUT2D eigenvalue weighted by molar-refractivity contribution is 8.15. The van der Waals surface area contributed by atoms with Crippen molar-refractivity contribution in [3.8, 4) is 10.6 Å². The van der Waals surface area contributed by atoms with Crippen molar-refractivity contribution in [1.29, 1.82) is 0 Å². The fourth-order valence-corrected chi connectivity index (χ4v) is 3.10. The SMILES string of the molecule is Cc1cc(-c2ccc(S(=O)(=O)Cl)s2)no1. The van der Waals surface area contributed by atoms with Crippen LogP contribution in [0.15, 0.2) is 26.9 Å². The summed E-state index contributed by atoms with van der Waals surface area (Å²) in [5.74, 6) is 0.675. The van der Waals surface area contributed by atoms with Gasteiger partial charge in [-0.1, -0.05) is 5.16 Å². The minimum atomic E-state index is -3.65. The zero-order chi connectivity index (χ0) is 11.1. The largest absolute Gasteiger partial charge is 0.361 e. The van der Waals surface area contributed by atoms with Crippen LogP contribution in [-0.4, -0.2) is 13.6 Å². The van der Waals surface area contributed by atoms with Crippen LogP contribution in [0.4, 0.5) is 0 Å². The number of halogens is 1. The van der Waals surface area contributed by atoms with Crippen LogP contribution in [0.1, 0.15) is 5.76 Å². The van der Waals surface area contributed by atoms with E-state index in [4.69, 9.17) is 15.2 Å². The molecule has 0 saturated heterocycles. The first-order valence-electron chi connectivity index (χ1n) is 3.95. The Labute approximate surface area is 94.9 Å². The highest BCUT2D eigenvalue weighted by atomic mass is 35.7. The maximum absolute atomic E-state index is 11.0. The molecule has 0 aliphatic carbocycles. The van der Waals surface area contributed by atoms with E-state index < -0.39 is 9.05 Å². The Bertz CT molecular complexity index is 585. The number of nitrogens with zero attached hydrogens (tertiary/aromatic N) is 1. The average molecular weight is 264 g/mol. The predicted molar refractivity (Wildman–Crippen MR) is 57.6 cm³/mol. The summed E-state index contributed by atoms with van der Waals surface area (Å²) in [6.07, 6.45) is 0. The Kier molecular flexibility index (Phi) is 2.57. The zero-order valence-electron chi connectivity index (χ0n) is 7.60. The van der Waals surface area contributed by atoms with Gasteiger partial charge in [0.25, 0.3) is 9.05 Å². The normalized spacial score (nSPS) is 11.9. The van der Waals surface area contributed by atoms with Crippen molar-refractivity contribution < 1.29 is 12.9 Å². The van der Waals surface area contributed by atoms with Crippen LogP contribution in [0.2, 0.25) is 0 Å². The molecule has 0 saturated carbocycles. The van der Waals surface area contributed by atoms with E-state index in [0.717, 1.165) is 11.3 Å². The second kappa shape index (κ2) is 3.62. The van der Waals surface area contributed by atoms with E-state index in [9.17, 15) is 8.42 Å². The molecule has 0 radical (unpaired) electrons. The van der Waals surface area contributed by atoms with Gasteiger partial charge in [0.15, 0.2) is 0 Å². The first kappa shape index (κ1) is 10.7. The first-order valence-corrected chi connectivity index (χ1v) is 7.07. The van der Waals surface area contributed by atoms with Crippen LogP contribution in [0.25, 0.3) is 10.6 Å². The highest BCUT2D eigenvalue weighted by Crippen LogP contribution is 2.31. The maximum Gasteiger partial charge on any atom is 0.270 e. The fraction of sp³-hybridized carbons (Fsp3) is 0.125. The second-order valence-corrected chi connectivity index (χ2v) is 6.76. The minimum absolute atomic E-state index is 0.111. The molecule has 0 spiro atoms. The molecule has 4 nitrogen and oxygen atoms in total. The van der Waals surface area contributed by atoms with E-state index >= 15 is 0 Å². The molecule has 15 heavy (non-hydrogen) atoms. The van der Waals surface area contributed by atoms with E-state index in [0.29, 0.717) is 16.3 Å². The van der Waals surface area contributed by atoms with E-state index in [1.165, 1.54) is 6.07 Å². The molecule has 2 aromatic rings. The van der Waals surface area contributed by atoms with Crippen LogP contribution in [0.3, 0.4) is 0 Å². The Morgan fingerprint density at radius 1 is 1.47 bits per heavy atom. The Hall–Kier alpha value is -0.850. The molecule has 7 heteroatoms. The number of thiophene rings is 1. The zero-order valence-corrected chi connectivity index (χ0v) is 9.99. The third kappa shape index (κ3) is 2.22. The molecule has 2 rings (SSSR count). The quantitative estimate of drug-likeness (QED) is 0.782. The molecule has 2 heterocycles. The molecule has 2 aromatic heterocycles. The molecule has 80 valence electrons. The first-order chi connectivity index (χ1) is 6.97. The summed E-state index contributed by atoms with van der Waals surface area (Å²) >= 11 is 1.06. The molecular weight excluding hydrogens is 258 g/mol. The summed E-state index contributed by atoms with van der Waals surface area (Å²) in [6.45, 7) is 1.77. The number of aryl methyl sites for hydroxylation is 1. The summed E-state index contributed by atoms with van der Waals surface area (Å²) in [5.41, 5.74) is 0.615. The van der Waals surface area contributed by atoms with Crippen LogP contribution in [-0.2, 0) is 9.05 Å². The average Bonchev–Trinajstić information content (AvgIpc) is 2.69. The molecular formula is C8H6ClNO3S2. The predicted octanol–water partition coefficient (Wildman–Crippen LogP) is 2.64. The van der Waals surface area contributed by atoms with Crippen molar-refractivity contribution in [3.63, 3.8) is 0 Å².